The van der Waals surface area contributed by atoms with Crippen LogP contribution in [0.4, 0.5) is 0 Å². The lowest BCUT2D eigenvalue weighted by Gasteiger charge is -2.24. The Labute approximate surface area is 86.2 Å². The van der Waals surface area contributed by atoms with E-state index in [1.165, 1.54) is 11.0 Å². The molecule has 0 aliphatic heterocycles. The quantitative estimate of drug-likeness (QED) is 0.770. The highest BCUT2D eigenvalue weighted by Crippen LogP contribution is 2.43. The van der Waals surface area contributed by atoms with Gasteiger partial charge < -0.3 is 5.11 Å². The van der Waals surface area contributed by atoms with Crippen molar-refractivity contribution in [2.45, 2.75) is 25.3 Å². The zero-order chi connectivity index (χ0) is 11.1. The van der Waals surface area contributed by atoms with Crippen molar-refractivity contribution in [2.75, 3.05) is 0 Å². The van der Waals surface area contributed by atoms with Gasteiger partial charge in [0.2, 0.25) is 0 Å². The number of rotatable bonds is 3. The first-order valence-electron chi connectivity index (χ1n) is 4.64. The summed E-state index contributed by atoms with van der Waals surface area (Å²) in [4.78, 5) is 14.9. The van der Waals surface area contributed by atoms with E-state index in [-0.39, 0.29) is 11.7 Å². The second-order valence-electron chi connectivity index (χ2n) is 3.85. The van der Waals surface area contributed by atoms with Gasteiger partial charge in [0.25, 0.3) is 5.82 Å². The molecule has 0 amide bonds. The van der Waals surface area contributed by atoms with Gasteiger partial charge in [0, 0.05) is 0 Å². The van der Waals surface area contributed by atoms with Gasteiger partial charge in [0.15, 0.2) is 5.54 Å². The molecule has 2 rings (SSSR count). The lowest BCUT2D eigenvalue weighted by Crippen LogP contribution is -2.41. The Bertz CT molecular complexity index is 443. The number of carboxylic acid groups (broad SMARTS) is 1. The SMILES string of the molecule is CC(C(=O)O)(C1CC1)n1cnc(C#N)n1. The zero-order valence-electron chi connectivity index (χ0n) is 8.21. The van der Waals surface area contributed by atoms with Crippen molar-refractivity contribution in [1.29, 1.82) is 5.26 Å². The molecule has 6 heteroatoms. The molecular formula is C9H10N4O2. The molecule has 78 valence electrons. The highest BCUT2D eigenvalue weighted by Gasteiger charge is 2.50. The smallest absolute Gasteiger partial charge is 0.331 e. The maximum Gasteiger partial charge on any atom is 0.331 e. The average Bonchev–Trinajstić information content (AvgIpc) is 2.95. The number of carbonyl (C=O) groups is 1. The van der Waals surface area contributed by atoms with Crippen molar-refractivity contribution in [3.63, 3.8) is 0 Å². The molecule has 1 saturated carbocycles. The second-order valence-corrected chi connectivity index (χ2v) is 3.85. The Balaban J connectivity index is 2.41. The van der Waals surface area contributed by atoms with Crippen LogP contribution in [0.1, 0.15) is 25.6 Å². The molecule has 1 aromatic rings. The van der Waals surface area contributed by atoms with Crippen LogP contribution in [0.3, 0.4) is 0 Å². The van der Waals surface area contributed by atoms with Gasteiger partial charge >= 0.3 is 5.97 Å². The molecule has 1 fully saturated rings. The monoisotopic (exact) mass is 206 g/mol. The Morgan fingerprint density at radius 1 is 1.80 bits per heavy atom. The molecule has 0 radical (unpaired) electrons. The maximum atomic E-state index is 11.2. The average molecular weight is 206 g/mol. The molecule has 0 spiro atoms. The van der Waals surface area contributed by atoms with Gasteiger partial charge in [-0.05, 0) is 25.7 Å². The molecule has 15 heavy (non-hydrogen) atoms. The third-order valence-corrected chi connectivity index (χ3v) is 2.87. The first kappa shape index (κ1) is 9.65. The molecule has 0 aromatic carbocycles. The van der Waals surface area contributed by atoms with Crippen LogP contribution in [-0.2, 0) is 10.3 Å². The van der Waals surface area contributed by atoms with E-state index in [1.54, 1.807) is 13.0 Å². The predicted octanol–water partition coefficient (Wildman–Crippen LogP) is 0.360. The van der Waals surface area contributed by atoms with Crippen molar-refractivity contribution < 1.29 is 9.90 Å². The van der Waals surface area contributed by atoms with Crippen LogP contribution in [0.25, 0.3) is 0 Å². The van der Waals surface area contributed by atoms with Crippen molar-refractivity contribution in [2.24, 2.45) is 5.92 Å². The fourth-order valence-electron chi connectivity index (χ4n) is 1.64. The normalized spacial score (nSPS) is 19.2. The number of hydrogen-bond donors (Lipinski definition) is 1. The third kappa shape index (κ3) is 1.36. The molecule has 0 bridgehead atoms. The largest absolute Gasteiger partial charge is 0.479 e. The van der Waals surface area contributed by atoms with E-state index in [4.69, 9.17) is 5.26 Å². The lowest BCUT2D eigenvalue weighted by molar-refractivity contribution is -0.148. The van der Waals surface area contributed by atoms with Gasteiger partial charge in [-0.25, -0.2) is 14.5 Å². The van der Waals surface area contributed by atoms with Crippen LogP contribution >= 0.6 is 0 Å². The molecule has 1 N–H and O–H groups in total. The van der Waals surface area contributed by atoms with Crippen LogP contribution in [0.5, 0.6) is 0 Å². The van der Waals surface area contributed by atoms with Crippen molar-refractivity contribution in [3.05, 3.63) is 12.2 Å². The Morgan fingerprint density at radius 3 is 2.87 bits per heavy atom. The first-order chi connectivity index (χ1) is 7.09. The molecule has 0 saturated heterocycles. The molecule has 1 unspecified atom stereocenters. The minimum atomic E-state index is -1.07. The van der Waals surface area contributed by atoms with E-state index in [0.29, 0.717) is 0 Å². The maximum absolute atomic E-state index is 11.2. The summed E-state index contributed by atoms with van der Waals surface area (Å²) < 4.78 is 1.28. The topological polar surface area (TPSA) is 91.8 Å². The van der Waals surface area contributed by atoms with Gasteiger partial charge in [0.1, 0.15) is 12.4 Å². The Morgan fingerprint density at radius 2 is 2.47 bits per heavy atom. The first-order valence-corrected chi connectivity index (χ1v) is 4.64. The van der Waals surface area contributed by atoms with Crippen LogP contribution in [0.2, 0.25) is 0 Å². The van der Waals surface area contributed by atoms with E-state index in [1.807, 2.05) is 0 Å². The number of hydrogen-bond acceptors (Lipinski definition) is 4. The number of carboxylic acids is 1. The van der Waals surface area contributed by atoms with E-state index < -0.39 is 11.5 Å². The highest BCUT2D eigenvalue weighted by atomic mass is 16.4. The number of nitrogens with zero attached hydrogens (tertiary/aromatic N) is 4. The van der Waals surface area contributed by atoms with Crippen LogP contribution < -0.4 is 0 Å². The van der Waals surface area contributed by atoms with Crippen molar-refractivity contribution in [1.82, 2.24) is 14.8 Å². The van der Waals surface area contributed by atoms with Gasteiger partial charge in [-0.15, -0.1) is 5.10 Å². The van der Waals surface area contributed by atoms with Crippen LogP contribution in [0.15, 0.2) is 6.33 Å². The standard InChI is InChI=1S/C9H10N4O2/c1-9(8(14)15,6-2-3-6)13-5-11-7(4-10)12-13/h5-6H,2-3H2,1H3,(H,14,15). The summed E-state index contributed by atoms with van der Waals surface area (Å²) in [7, 11) is 0. The number of aliphatic carboxylic acids is 1. The Kier molecular flexibility index (Phi) is 1.96. The van der Waals surface area contributed by atoms with Crippen LogP contribution in [-0.4, -0.2) is 25.8 Å². The molecule has 1 aliphatic rings. The molecular weight excluding hydrogens is 196 g/mol. The molecule has 1 atom stereocenters. The fraction of sp³-hybridized carbons (Fsp3) is 0.556. The summed E-state index contributed by atoms with van der Waals surface area (Å²) in [6.45, 7) is 1.61. The number of aromatic nitrogens is 3. The summed E-state index contributed by atoms with van der Waals surface area (Å²) in [6.07, 6.45) is 3.07. The van der Waals surface area contributed by atoms with E-state index in [2.05, 4.69) is 10.1 Å². The van der Waals surface area contributed by atoms with Gasteiger partial charge in [0.05, 0.1) is 0 Å². The van der Waals surface area contributed by atoms with Crippen molar-refractivity contribution in [3.8, 4) is 6.07 Å². The summed E-state index contributed by atoms with van der Waals surface area (Å²) >= 11 is 0. The molecule has 1 aliphatic carbocycles. The highest BCUT2D eigenvalue weighted by molar-refractivity contribution is 5.77. The Hall–Kier alpha value is -1.90. The number of nitriles is 1. The zero-order valence-corrected chi connectivity index (χ0v) is 8.21. The van der Waals surface area contributed by atoms with Gasteiger partial charge in [-0.3, -0.25) is 0 Å². The van der Waals surface area contributed by atoms with E-state index in [9.17, 15) is 9.90 Å². The minimum Gasteiger partial charge on any atom is -0.479 e. The fourth-order valence-corrected chi connectivity index (χ4v) is 1.64. The molecule has 1 aromatic heterocycles. The summed E-state index contributed by atoms with van der Waals surface area (Å²) in [5.41, 5.74) is -1.07. The second kappa shape index (κ2) is 3.05. The summed E-state index contributed by atoms with van der Waals surface area (Å²) in [6, 6.07) is 1.78. The molecule has 1 heterocycles. The third-order valence-electron chi connectivity index (χ3n) is 2.87. The summed E-state index contributed by atoms with van der Waals surface area (Å²) in [5, 5.41) is 21.6. The predicted molar refractivity (Wildman–Crippen MR) is 48.7 cm³/mol. The van der Waals surface area contributed by atoms with E-state index in [0.717, 1.165) is 12.8 Å². The van der Waals surface area contributed by atoms with Gasteiger partial charge in [-0.2, -0.15) is 5.26 Å². The van der Waals surface area contributed by atoms with Crippen molar-refractivity contribution >= 4 is 5.97 Å². The molecule has 6 nitrogen and oxygen atoms in total. The summed E-state index contributed by atoms with van der Waals surface area (Å²) in [5.74, 6) is -0.842. The minimum absolute atomic E-state index is 0.00289. The van der Waals surface area contributed by atoms with E-state index >= 15 is 0 Å². The van der Waals surface area contributed by atoms with Gasteiger partial charge in [-0.1, -0.05) is 0 Å². The lowest BCUT2D eigenvalue weighted by atomic mass is 9.96. The van der Waals surface area contributed by atoms with Crippen LogP contribution in [0, 0.1) is 17.2 Å².